The van der Waals surface area contributed by atoms with Crippen LogP contribution in [0, 0.1) is 0 Å². The number of hydrogen-bond donors (Lipinski definition) is 0. The van der Waals surface area contributed by atoms with Gasteiger partial charge in [-0.15, -0.1) is 0 Å². The highest BCUT2D eigenvalue weighted by molar-refractivity contribution is 5.74. The molecule has 0 spiro atoms. The Kier molecular flexibility index (Phi) is 0.398. The van der Waals surface area contributed by atoms with Gasteiger partial charge in [-0.25, -0.2) is 14.7 Å². The van der Waals surface area contributed by atoms with Crippen molar-refractivity contribution in [2.75, 3.05) is 5.01 Å². The first kappa shape index (κ1) is 4.33. The van der Waals surface area contributed by atoms with Crippen molar-refractivity contribution in [3.63, 3.8) is 0 Å². The highest BCUT2D eigenvalue weighted by Gasteiger charge is 2.43. The monoisotopic (exact) mass is 144 g/mol. The first-order valence-corrected chi connectivity index (χ1v) is 3.59. The Hall–Kier alpha value is -1.58. The van der Waals surface area contributed by atoms with Crippen LogP contribution in [0.5, 0.6) is 0 Å². The van der Waals surface area contributed by atoms with Gasteiger partial charge >= 0.3 is 0 Å². The SMILES string of the molecule is c1cc2n3c4nc(c-2n1)CN43. The van der Waals surface area contributed by atoms with Crippen molar-refractivity contribution in [3.05, 3.63) is 18.0 Å². The lowest BCUT2D eigenvalue weighted by Crippen LogP contribution is -2.11. The molecule has 0 saturated heterocycles. The minimum Gasteiger partial charge on any atom is -0.253 e. The van der Waals surface area contributed by atoms with Gasteiger partial charge in [0.25, 0.3) is 0 Å². The van der Waals surface area contributed by atoms with Gasteiger partial charge in [0.1, 0.15) is 5.69 Å². The summed E-state index contributed by atoms with van der Waals surface area (Å²) in [5.41, 5.74) is 3.40. The zero-order valence-electron chi connectivity index (χ0n) is 5.65. The summed E-state index contributed by atoms with van der Waals surface area (Å²) in [6.45, 7) is 0.930. The molecule has 0 radical (unpaired) electrons. The zero-order chi connectivity index (χ0) is 7.00. The summed E-state index contributed by atoms with van der Waals surface area (Å²) < 4.78 is 2.11. The quantitative estimate of drug-likeness (QED) is 0.504. The maximum Gasteiger partial charge on any atom is 0.246 e. The summed E-state index contributed by atoms with van der Waals surface area (Å²) in [4.78, 5) is 8.61. The largest absolute Gasteiger partial charge is 0.253 e. The molecule has 0 N–H and O–H groups in total. The van der Waals surface area contributed by atoms with Crippen LogP contribution in [0.15, 0.2) is 12.3 Å². The lowest BCUT2D eigenvalue weighted by molar-refractivity contribution is 0.854. The average molecular weight is 144 g/mol. The molecule has 5 heterocycles. The van der Waals surface area contributed by atoms with E-state index < -0.39 is 0 Å². The average Bonchev–Trinajstić information content (AvgIpc) is 2.57. The van der Waals surface area contributed by atoms with E-state index in [2.05, 4.69) is 19.7 Å². The molecule has 0 aliphatic carbocycles. The molecule has 11 heavy (non-hydrogen) atoms. The van der Waals surface area contributed by atoms with Gasteiger partial charge in [0.15, 0.2) is 0 Å². The topological polar surface area (TPSA) is 33.7 Å². The maximum absolute atomic E-state index is 4.37. The fourth-order valence-electron chi connectivity index (χ4n) is 1.80. The van der Waals surface area contributed by atoms with Gasteiger partial charge in [-0.1, -0.05) is 0 Å². The molecule has 5 rings (SSSR count). The molecule has 5 aliphatic heterocycles. The third-order valence-electron chi connectivity index (χ3n) is 2.34. The third kappa shape index (κ3) is 0.293. The number of aromatic nitrogens is 3. The molecule has 0 aromatic carbocycles. The molecule has 4 bridgehead atoms. The molecule has 0 unspecified atom stereocenters. The van der Waals surface area contributed by atoms with Crippen LogP contribution in [0.4, 0.5) is 5.95 Å². The Morgan fingerprint density at radius 3 is 3.27 bits per heavy atom. The Labute approximate surface area is 62.4 Å². The summed E-state index contributed by atoms with van der Waals surface area (Å²) in [5.74, 6) is 1.10. The van der Waals surface area contributed by atoms with E-state index in [9.17, 15) is 0 Å². The van der Waals surface area contributed by atoms with E-state index in [0.717, 1.165) is 23.9 Å². The van der Waals surface area contributed by atoms with Crippen LogP contribution in [-0.4, -0.2) is 14.6 Å². The normalized spacial score (nSPS) is 16.5. The van der Waals surface area contributed by atoms with Gasteiger partial charge < -0.3 is 0 Å². The molecule has 0 amide bonds. The predicted molar refractivity (Wildman–Crippen MR) is 38.2 cm³/mol. The summed E-state index contributed by atoms with van der Waals surface area (Å²) in [7, 11) is 0. The second kappa shape index (κ2) is 1.01. The van der Waals surface area contributed by atoms with Crippen LogP contribution < -0.4 is 5.01 Å². The van der Waals surface area contributed by atoms with Crippen molar-refractivity contribution in [3.8, 4) is 11.4 Å². The van der Waals surface area contributed by atoms with Gasteiger partial charge in [-0.3, -0.25) is 4.98 Å². The maximum atomic E-state index is 4.37. The van der Waals surface area contributed by atoms with Crippen LogP contribution >= 0.6 is 0 Å². The summed E-state index contributed by atoms with van der Waals surface area (Å²) in [6, 6.07) is 2.03. The molecule has 52 valence electrons. The van der Waals surface area contributed by atoms with Gasteiger partial charge in [-0.2, -0.15) is 0 Å². The van der Waals surface area contributed by atoms with Crippen LogP contribution in [0.3, 0.4) is 0 Å². The second-order valence-electron chi connectivity index (χ2n) is 2.91. The molecule has 4 nitrogen and oxygen atoms in total. The molecule has 0 fully saturated rings. The van der Waals surface area contributed by atoms with E-state index in [4.69, 9.17) is 0 Å². The van der Waals surface area contributed by atoms with Gasteiger partial charge in [-0.05, 0) is 6.07 Å². The van der Waals surface area contributed by atoms with Crippen LogP contribution in [0.2, 0.25) is 0 Å². The Bertz CT molecular complexity index is 427. The van der Waals surface area contributed by atoms with Gasteiger partial charge in [0.05, 0.1) is 17.9 Å². The number of anilines is 1. The smallest absolute Gasteiger partial charge is 0.246 e. The molecular formula is C7H4N4. The first-order valence-electron chi connectivity index (χ1n) is 3.59. The Balaban J connectivity index is 2.35. The highest BCUT2D eigenvalue weighted by atomic mass is 15.8. The van der Waals surface area contributed by atoms with E-state index >= 15 is 0 Å². The minimum atomic E-state index is 0.930. The van der Waals surface area contributed by atoms with E-state index in [0.29, 0.717) is 0 Å². The van der Waals surface area contributed by atoms with Crippen molar-refractivity contribution in [2.24, 2.45) is 0 Å². The van der Waals surface area contributed by atoms with Crippen LogP contribution in [-0.2, 0) is 6.54 Å². The molecular weight excluding hydrogens is 140 g/mol. The van der Waals surface area contributed by atoms with Gasteiger partial charge in [0, 0.05) is 6.20 Å². The minimum absolute atomic E-state index is 0.930. The Morgan fingerprint density at radius 2 is 2.45 bits per heavy atom. The summed E-state index contributed by atoms with van der Waals surface area (Å²) >= 11 is 0. The third-order valence-corrected chi connectivity index (χ3v) is 2.34. The molecule has 0 saturated carbocycles. The van der Waals surface area contributed by atoms with E-state index in [1.54, 1.807) is 0 Å². The molecule has 0 aromatic rings. The first-order chi connectivity index (χ1) is 5.45. The van der Waals surface area contributed by atoms with Crippen molar-refractivity contribution in [1.82, 2.24) is 14.6 Å². The second-order valence-corrected chi connectivity index (χ2v) is 2.91. The molecule has 4 heteroatoms. The number of rotatable bonds is 0. The molecule has 0 aromatic heterocycles. The number of nitrogens with zero attached hydrogens (tertiary/aromatic N) is 4. The summed E-state index contributed by atoms with van der Waals surface area (Å²) in [5, 5.41) is 2.15. The van der Waals surface area contributed by atoms with E-state index in [-0.39, 0.29) is 0 Å². The molecule has 5 aliphatic rings. The van der Waals surface area contributed by atoms with Crippen LogP contribution in [0.25, 0.3) is 11.4 Å². The van der Waals surface area contributed by atoms with E-state index in [1.165, 1.54) is 5.69 Å². The zero-order valence-corrected chi connectivity index (χ0v) is 5.65. The lowest BCUT2D eigenvalue weighted by Gasteiger charge is -2.07. The standard InChI is InChI=1S/C7H4N4/c1-2-8-6-4-3-10-7(9-4)11(10)5(1)6/h1-2H,3H2. The van der Waals surface area contributed by atoms with Crippen molar-refractivity contribution in [1.29, 1.82) is 0 Å². The van der Waals surface area contributed by atoms with E-state index in [1.807, 2.05) is 12.3 Å². The summed E-state index contributed by atoms with van der Waals surface area (Å²) in [6.07, 6.45) is 1.84. The predicted octanol–water partition coefficient (Wildman–Crippen LogP) is 0.480. The van der Waals surface area contributed by atoms with Crippen molar-refractivity contribution >= 4 is 5.95 Å². The van der Waals surface area contributed by atoms with Crippen LogP contribution in [0.1, 0.15) is 5.69 Å². The number of hydrogen-bond acceptors (Lipinski definition) is 3. The van der Waals surface area contributed by atoms with Crippen molar-refractivity contribution in [2.45, 2.75) is 6.54 Å². The fourth-order valence-corrected chi connectivity index (χ4v) is 1.80. The molecule has 0 atom stereocenters. The fraction of sp³-hybridized carbons (Fsp3) is 0.143. The highest BCUT2D eigenvalue weighted by Crippen LogP contribution is 2.44. The Morgan fingerprint density at radius 1 is 1.45 bits per heavy atom. The van der Waals surface area contributed by atoms with Crippen molar-refractivity contribution < 1.29 is 0 Å². The van der Waals surface area contributed by atoms with Gasteiger partial charge in [0.2, 0.25) is 5.95 Å². The lowest BCUT2D eigenvalue weighted by atomic mass is 10.2.